The van der Waals surface area contributed by atoms with Gasteiger partial charge in [-0.2, -0.15) is 0 Å². The van der Waals surface area contributed by atoms with Gasteiger partial charge < -0.3 is 5.73 Å². The second kappa shape index (κ2) is 4.92. The predicted molar refractivity (Wildman–Crippen MR) is 79.8 cm³/mol. The second-order valence-corrected chi connectivity index (χ2v) is 4.43. The van der Waals surface area contributed by atoms with Crippen molar-refractivity contribution in [3.05, 3.63) is 72.8 Å². The third kappa shape index (κ3) is 2.35. The maximum Gasteiger partial charge on any atom is 0.0320 e. The minimum Gasteiger partial charge on any atom is -0.399 e. The van der Waals surface area contributed by atoms with Crippen molar-refractivity contribution in [1.82, 2.24) is 0 Å². The van der Waals surface area contributed by atoms with Gasteiger partial charge in [0.05, 0.1) is 0 Å². The largest absolute Gasteiger partial charge is 0.399 e. The van der Waals surface area contributed by atoms with Crippen molar-refractivity contribution >= 4 is 11.3 Å². The fourth-order valence-corrected chi connectivity index (χ4v) is 1.99. The van der Waals surface area contributed by atoms with Crippen molar-refractivity contribution in [1.29, 1.82) is 0 Å². The number of rotatable bonds is 3. The van der Waals surface area contributed by atoms with Crippen molar-refractivity contribution < 1.29 is 0 Å². The Balaban J connectivity index is 2.57. The molecule has 90 valence electrons. The molecular weight excluding hydrogens is 218 g/mol. The first-order chi connectivity index (χ1) is 8.59. The van der Waals surface area contributed by atoms with E-state index in [0.29, 0.717) is 5.70 Å². The van der Waals surface area contributed by atoms with Crippen molar-refractivity contribution in [2.75, 3.05) is 0 Å². The molecule has 0 aromatic heterocycles. The molecule has 0 saturated heterocycles. The topological polar surface area (TPSA) is 26.0 Å². The van der Waals surface area contributed by atoms with Crippen LogP contribution in [0, 0.1) is 0 Å². The van der Waals surface area contributed by atoms with Crippen LogP contribution in [-0.4, -0.2) is 0 Å². The number of allylic oxidation sites excluding steroid dienone is 1. The van der Waals surface area contributed by atoms with Gasteiger partial charge in [0.25, 0.3) is 0 Å². The van der Waals surface area contributed by atoms with Gasteiger partial charge in [-0.25, -0.2) is 0 Å². The molecule has 1 nitrogen and oxygen atoms in total. The Hall–Kier alpha value is -2.28. The maximum atomic E-state index is 5.81. The number of benzene rings is 2. The first kappa shape index (κ1) is 12.2. The molecule has 0 amide bonds. The average Bonchev–Trinajstić information content (AvgIpc) is 2.39. The molecule has 18 heavy (non-hydrogen) atoms. The van der Waals surface area contributed by atoms with Crippen LogP contribution >= 0.6 is 0 Å². The fourth-order valence-electron chi connectivity index (χ4n) is 1.99. The first-order valence-electron chi connectivity index (χ1n) is 5.89. The highest BCUT2D eigenvalue weighted by atomic mass is 14.6. The first-order valence-corrected chi connectivity index (χ1v) is 5.89. The third-order valence-corrected chi connectivity index (χ3v) is 2.93. The zero-order valence-electron chi connectivity index (χ0n) is 10.6. The molecule has 2 N–H and O–H groups in total. The van der Waals surface area contributed by atoms with Gasteiger partial charge in [0.2, 0.25) is 0 Å². The molecule has 2 aromatic carbocycles. The van der Waals surface area contributed by atoms with Crippen LogP contribution in [0.3, 0.4) is 0 Å². The lowest BCUT2D eigenvalue weighted by atomic mass is 9.95. The molecule has 0 radical (unpaired) electrons. The van der Waals surface area contributed by atoms with Gasteiger partial charge in [-0.15, -0.1) is 0 Å². The van der Waals surface area contributed by atoms with Crippen LogP contribution in [0.4, 0.5) is 0 Å². The molecule has 0 unspecified atom stereocenters. The summed E-state index contributed by atoms with van der Waals surface area (Å²) in [6.07, 6.45) is 0. The van der Waals surface area contributed by atoms with E-state index in [2.05, 4.69) is 37.4 Å². The van der Waals surface area contributed by atoms with Crippen LogP contribution < -0.4 is 5.73 Å². The number of nitrogens with two attached hydrogens (primary N) is 1. The van der Waals surface area contributed by atoms with Crippen LogP contribution in [0.25, 0.3) is 22.4 Å². The van der Waals surface area contributed by atoms with Gasteiger partial charge in [0.15, 0.2) is 0 Å². The van der Waals surface area contributed by atoms with E-state index < -0.39 is 0 Å². The SMILES string of the molecule is C=C(C)c1cc(-c2ccccc2)ccc1C(=C)N. The summed E-state index contributed by atoms with van der Waals surface area (Å²) >= 11 is 0. The standard InChI is InChI=1S/C17H17N/c1-12(2)17-11-15(9-10-16(17)13(3)18)14-7-5-4-6-8-14/h4-11H,1,3,18H2,2H3. The molecule has 0 heterocycles. The smallest absolute Gasteiger partial charge is 0.0320 e. The van der Waals surface area contributed by atoms with Crippen LogP contribution in [0.5, 0.6) is 0 Å². The molecule has 0 atom stereocenters. The molecule has 0 aliphatic rings. The molecule has 0 spiro atoms. The van der Waals surface area contributed by atoms with Crippen LogP contribution in [0.1, 0.15) is 18.1 Å². The minimum absolute atomic E-state index is 0.576. The van der Waals surface area contributed by atoms with E-state index in [9.17, 15) is 0 Å². The van der Waals surface area contributed by atoms with E-state index in [1.54, 1.807) is 0 Å². The highest BCUT2D eigenvalue weighted by Crippen LogP contribution is 2.27. The second-order valence-electron chi connectivity index (χ2n) is 4.43. The van der Waals surface area contributed by atoms with E-state index in [4.69, 9.17) is 5.73 Å². The molecule has 0 aliphatic carbocycles. The van der Waals surface area contributed by atoms with Gasteiger partial charge in [0, 0.05) is 11.3 Å². The highest BCUT2D eigenvalue weighted by Gasteiger charge is 2.07. The molecule has 0 aliphatic heterocycles. The third-order valence-electron chi connectivity index (χ3n) is 2.93. The molecule has 0 fully saturated rings. The van der Waals surface area contributed by atoms with E-state index in [0.717, 1.165) is 16.7 Å². The van der Waals surface area contributed by atoms with Crippen LogP contribution in [-0.2, 0) is 0 Å². The fraction of sp³-hybridized carbons (Fsp3) is 0.0588. The van der Waals surface area contributed by atoms with E-state index in [1.165, 1.54) is 11.1 Å². The van der Waals surface area contributed by atoms with Crippen LogP contribution in [0.2, 0.25) is 0 Å². The van der Waals surface area contributed by atoms with Gasteiger partial charge in [0.1, 0.15) is 0 Å². The lowest BCUT2D eigenvalue weighted by molar-refractivity contribution is 1.47. The Morgan fingerprint density at radius 2 is 1.56 bits per heavy atom. The highest BCUT2D eigenvalue weighted by molar-refractivity contribution is 5.80. The predicted octanol–water partition coefficient (Wildman–Crippen LogP) is 4.32. The number of hydrogen-bond donors (Lipinski definition) is 1. The summed E-state index contributed by atoms with van der Waals surface area (Å²) in [5, 5.41) is 0. The molecule has 2 aromatic rings. The number of hydrogen-bond acceptors (Lipinski definition) is 1. The summed E-state index contributed by atoms with van der Waals surface area (Å²) in [4.78, 5) is 0. The van der Waals surface area contributed by atoms with Gasteiger partial charge in [-0.05, 0) is 29.7 Å². The molecule has 1 heteroatoms. The summed E-state index contributed by atoms with van der Waals surface area (Å²) in [5.74, 6) is 0. The van der Waals surface area contributed by atoms with E-state index >= 15 is 0 Å². The Bertz CT molecular complexity index is 594. The summed E-state index contributed by atoms with van der Waals surface area (Å²) in [5.41, 5.74) is 11.8. The zero-order valence-corrected chi connectivity index (χ0v) is 10.6. The van der Waals surface area contributed by atoms with Crippen molar-refractivity contribution in [2.45, 2.75) is 6.92 Å². The Morgan fingerprint density at radius 3 is 2.11 bits per heavy atom. The molecule has 0 saturated carbocycles. The summed E-state index contributed by atoms with van der Waals surface area (Å²) in [7, 11) is 0. The quantitative estimate of drug-likeness (QED) is 0.842. The summed E-state index contributed by atoms with van der Waals surface area (Å²) in [6, 6.07) is 16.5. The normalized spacial score (nSPS) is 10.1. The Kier molecular flexibility index (Phi) is 3.33. The van der Waals surface area contributed by atoms with E-state index in [-0.39, 0.29) is 0 Å². The summed E-state index contributed by atoms with van der Waals surface area (Å²) in [6.45, 7) is 9.80. The Morgan fingerprint density at radius 1 is 0.889 bits per heavy atom. The van der Waals surface area contributed by atoms with Gasteiger partial charge >= 0.3 is 0 Å². The molecular formula is C17H17N. The van der Waals surface area contributed by atoms with Crippen molar-refractivity contribution in [3.8, 4) is 11.1 Å². The maximum absolute atomic E-state index is 5.81. The Labute approximate surface area is 108 Å². The molecule has 0 bridgehead atoms. The van der Waals surface area contributed by atoms with E-state index in [1.807, 2.05) is 31.2 Å². The van der Waals surface area contributed by atoms with Crippen molar-refractivity contribution in [2.24, 2.45) is 5.73 Å². The lowest BCUT2D eigenvalue weighted by Crippen LogP contribution is -1.98. The summed E-state index contributed by atoms with van der Waals surface area (Å²) < 4.78 is 0. The van der Waals surface area contributed by atoms with Gasteiger partial charge in [-0.1, -0.05) is 61.2 Å². The minimum atomic E-state index is 0.576. The van der Waals surface area contributed by atoms with Crippen molar-refractivity contribution in [3.63, 3.8) is 0 Å². The zero-order chi connectivity index (χ0) is 13.1. The average molecular weight is 235 g/mol. The molecule has 2 rings (SSSR count). The van der Waals surface area contributed by atoms with Gasteiger partial charge in [-0.3, -0.25) is 0 Å². The van der Waals surface area contributed by atoms with Crippen LogP contribution in [0.15, 0.2) is 61.7 Å². The monoisotopic (exact) mass is 235 g/mol. The lowest BCUT2D eigenvalue weighted by Gasteiger charge is -2.11.